The van der Waals surface area contributed by atoms with Gasteiger partial charge < -0.3 is 25.4 Å². The van der Waals surface area contributed by atoms with Gasteiger partial charge in [0.05, 0.1) is 17.6 Å². The zero-order chi connectivity index (χ0) is 22.7. The molecule has 32 heavy (non-hydrogen) atoms. The molecule has 0 saturated carbocycles. The van der Waals surface area contributed by atoms with Gasteiger partial charge in [0.25, 0.3) is 0 Å². The number of nitrogens with one attached hydrogen (secondary N) is 2. The summed E-state index contributed by atoms with van der Waals surface area (Å²) in [7, 11) is 1.46. The number of aromatic nitrogens is 4. The molecule has 0 spiro atoms. The summed E-state index contributed by atoms with van der Waals surface area (Å²) >= 11 is 0. The number of rotatable bonds is 8. The molecule has 0 saturated heterocycles. The van der Waals surface area contributed by atoms with Gasteiger partial charge in [-0.2, -0.15) is 4.73 Å². The highest BCUT2D eigenvalue weighted by Crippen LogP contribution is 2.30. The molecule has 166 valence electrons. The van der Waals surface area contributed by atoms with Gasteiger partial charge in [0.15, 0.2) is 17.7 Å². The largest absolute Gasteiger partial charge is 0.415 e. The van der Waals surface area contributed by atoms with Crippen LogP contribution < -0.4 is 10.2 Å². The second kappa shape index (κ2) is 9.16. The van der Waals surface area contributed by atoms with Gasteiger partial charge in [-0.25, -0.2) is 18.7 Å². The minimum Gasteiger partial charge on any atom is -0.415 e. The molecule has 4 N–H and O–H groups in total. The van der Waals surface area contributed by atoms with Gasteiger partial charge in [-0.1, -0.05) is 6.07 Å². The first-order valence-electron chi connectivity index (χ1n) is 9.77. The molecule has 0 amide bonds. The maximum absolute atomic E-state index is 14.3. The van der Waals surface area contributed by atoms with E-state index in [1.54, 1.807) is 18.2 Å². The topological polar surface area (TPSA) is 108 Å². The Labute approximate surface area is 182 Å². The van der Waals surface area contributed by atoms with Crippen molar-refractivity contribution in [3.63, 3.8) is 0 Å². The fourth-order valence-corrected chi connectivity index (χ4v) is 3.29. The standard InChI is InChI=1S/C22H21F2N5O3/c1-32-29-12-26-19(14-3-5-15(23)6-4-14)20(29)21-25-11-18(27-21)22(31)28-17-7-2-13(8-9-30)10-16(17)24/h2-7,10-12,22,28,30-31H,8-9H2,1H3,(H,25,27). The predicted octanol–water partition coefficient (Wildman–Crippen LogP) is 2.91. The molecule has 4 rings (SSSR count). The molecule has 0 fully saturated rings. The molecule has 2 heterocycles. The van der Waals surface area contributed by atoms with Crippen molar-refractivity contribution in [2.24, 2.45) is 0 Å². The van der Waals surface area contributed by atoms with Crippen molar-refractivity contribution in [2.45, 2.75) is 12.6 Å². The molecule has 2 aromatic heterocycles. The minimum absolute atomic E-state index is 0.0796. The number of benzene rings is 2. The number of aliphatic hydroxyl groups is 2. The van der Waals surface area contributed by atoms with Crippen molar-refractivity contribution in [3.8, 4) is 22.8 Å². The highest BCUT2D eigenvalue weighted by Gasteiger charge is 2.21. The number of halogens is 2. The van der Waals surface area contributed by atoms with Gasteiger partial charge in [0.2, 0.25) is 0 Å². The minimum atomic E-state index is -1.28. The molecular weight excluding hydrogens is 420 g/mol. The van der Waals surface area contributed by atoms with Crippen LogP contribution in [0.5, 0.6) is 0 Å². The van der Waals surface area contributed by atoms with E-state index >= 15 is 0 Å². The number of hydrogen-bond acceptors (Lipinski definition) is 6. The van der Waals surface area contributed by atoms with Gasteiger partial charge in [0.1, 0.15) is 30.8 Å². The first kappa shape index (κ1) is 21.5. The van der Waals surface area contributed by atoms with Crippen molar-refractivity contribution in [1.29, 1.82) is 0 Å². The maximum atomic E-state index is 14.3. The summed E-state index contributed by atoms with van der Waals surface area (Å²) in [4.78, 5) is 16.9. The van der Waals surface area contributed by atoms with Crippen LogP contribution in [0.1, 0.15) is 17.5 Å². The fourth-order valence-electron chi connectivity index (χ4n) is 3.29. The van der Waals surface area contributed by atoms with Crippen LogP contribution in [0.3, 0.4) is 0 Å². The average molecular weight is 441 g/mol. The molecule has 1 unspecified atom stereocenters. The zero-order valence-corrected chi connectivity index (χ0v) is 17.1. The second-order valence-corrected chi connectivity index (χ2v) is 6.98. The number of hydrogen-bond donors (Lipinski definition) is 4. The lowest BCUT2D eigenvalue weighted by Gasteiger charge is -2.14. The Morgan fingerprint density at radius 1 is 1.16 bits per heavy atom. The summed E-state index contributed by atoms with van der Waals surface area (Å²) in [6.45, 7) is -0.0796. The number of anilines is 1. The Kier molecular flexibility index (Phi) is 6.15. The van der Waals surface area contributed by atoms with E-state index in [4.69, 9.17) is 9.94 Å². The summed E-state index contributed by atoms with van der Waals surface area (Å²) in [5, 5.41) is 22.2. The van der Waals surface area contributed by atoms with Gasteiger partial charge in [-0.15, -0.1) is 0 Å². The number of nitrogens with zero attached hydrogens (tertiary/aromatic N) is 3. The molecule has 0 aliphatic heterocycles. The molecule has 10 heteroatoms. The SMILES string of the molecule is COn1cnc(-c2ccc(F)cc2)c1-c1ncc(C(O)Nc2ccc(CCO)cc2F)[nH]1. The Morgan fingerprint density at radius 3 is 2.62 bits per heavy atom. The lowest BCUT2D eigenvalue weighted by atomic mass is 10.1. The zero-order valence-electron chi connectivity index (χ0n) is 17.1. The van der Waals surface area contributed by atoms with E-state index in [2.05, 4.69) is 20.3 Å². The smallest absolute Gasteiger partial charge is 0.167 e. The molecule has 0 bridgehead atoms. The molecule has 8 nitrogen and oxygen atoms in total. The summed E-state index contributed by atoms with van der Waals surface area (Å²) < 4.78 is 29.0. The van der Waals surface area contributed by atoms with Crippen molar-refractivity contribution in [2.75, 3.05) is 19.0 Å². The number of H-pyrrole nitrogens is 1. The molecule has 4 aromatic rings. The molecule has 2 aromatic carbocycles. The van der Waals surface area contributed by atoms with E-state index in [1.807, 2.05) is 0 Å². The van der Waals surface area contributed by atoms with Crippen molar-refractivity contribution < 1.29 is 23.8 Å². The summed E-state index contributed by atoms with van der Waals surface area (Å²) in [5.41, 5.74) is 2.66. The quantitative estimate of drug-likeness (QED) is 0.313. The number of aliphatic hydroxyl groups excluding tert-OH is 2. The van der Waals surface area contributed by atoms with Crippen LogP contribution in [0.25, 0.3) is 22.8 Å². The Morgan fingerprint density at radius 2 is 1.94 bits per heavy atom. The van der Waals surface area contributed by atoms with Crippen LogP contribution >= 0.6 is 0 Å². The predicted molar refractivity (Wildman–Crippen MR) is 113 cm³/mol. The van der Waals surface area contributed by atoms with Gasteiger partial charge in [-0.05, 0) is 48.4 Å². The molecular formula is C22H21F2N5O3. The lowest BCUT2D eigenvalue weighted by Crippen LogP contribution is -2.12. The van der Waals surface area contributed by atoms with E-state index < -0.39 is 12.0 Å². The van der Waals surface area contributed by atoms with Crippen LogP contribution in [-0.2, 0) is 6.42 Å². The normalized spacial score (nSPS) is 12.0. The monoisotopic (exact) mass is 441 g/mol. The summed E-state index contributed by atoms with van der Waals surface area (Å²) in [6, 6.07) is 10.3. The Bertz CT molecular complexity index is 1210. The molecule has 0 aliphatic rings. The third kappa shape index (κ3) is 4.32. The summed E-state index contributed by atoms with van der Waals surface area (Å²) in [5.74, 6) is -0.573. The van der Waals surface area contributed by atoms with Crippen LogP contribution in [0.2, 0.25) is 0 Å². The van der Waals surface area contributed by atoms with Crippen molar-refractivity contribution >= 4 is 5.69 Å². The van der Waals surface area contributed by atoms with E-state index in [0.29, 0.717) is 34.8 Å². The van der Waals surface area contributed by atoms with E-state index in [-0.39, 0.29) is 23.8 Å². The van der Waals surface area contributed by atoms with Gasteiger partial charge in [-0.3, -0.25) is 0 Å². The van der Waals surface area contributed by atoms with Crippen molar-refractivity contribution in [3.05, 3.63) is 77.9 Å². The average Bonchev–Trinajstić information content (AvgIpc) is 3.43. The summed E-state index contributed by atoms with van der Waals surface area (Å²) in [6.07, 6.45) is 1.93. The van der Waals surface area contributed by atoms with Crippen LogP contribution in [0, 0.1) is 11.6 Å². The highest BCUT2D eigenvalue weighted by atomic mass is 19.1. The third-order valence-corrected chi connectivity index (χ3v) is 4.89. The fraction of sp³-hybridized carbons (Fsp3) is 0.182. The van der Waals surface area contributed by atoms with Crippen LogP contribution in [0.4, 0.5) is 14.5 Å². The van der Waals surface area contributed by atoms with E-state index in [1.165, 1.54) is 48.6 Å². The molecule has 0 aliphatic carbocycles. The Hall–Kier alpha value is -3.76. The number of imidazole rings is 2. The van der Waals surface area contributed by atoms with Crippen LogP contribution in [-0.4, -0.2) is 43.6 Å². The van der Waals surface area contributed by atoms with Gasteiger partial charge >= 0.3 is 0 Å². The van der Waals surface area contributed by atoms with E-state index in [9.17, 15) is 13.9 Å². The first-order valence-corrected chi connectivity index (χ1v) is 9.77. The highest BCUT2D eigenvalue weighted by molar-refractivity contribution is 5.75. The van der Waals surface area contributed by atoms with Crippen molar-refractivity contribution in [1.82, 2.24) is 19.7 Å². The number of aromatic amines is 1. The first-order chi connectivity index (χ1) is 15.5. The van der Waals surface area contributed by atoms with E-state index in [0.717, 1.165) is 0 Å². The lowest BCUT2D eigenvalue weighted by molar-refractivity contribution is 0.170. The maximum Gasteiger partial charge on any atom is 0.167 e. The third-order valence-electron chi connectivity index (χ3n) is 4.89. The second-order valence-electron chi connectivity index (χ2n) is 6.98. The molecule has 0 radical (unpaired) electrons. The van der Waals surface area contributed by atoms with Gasteiger partial charge in [0, 0.05) is 12.2 Å². The Balaban J connectivity index is 1.60. The molecule has 1 atom stereocenters. The van der Waals surface area contributed by atoms with Crippen LogP contribution in [0.15, 0.2) is 55.0 Å².